The summed E-state index contributed by atoms with van der Waals surface area (Å²) < 4.78 is 60.7. The molecule has 0 radical (unpaired) electrons. The van der Waals surface area contributed by atoms with Crippen LogP contribution in [0, 0.1) is 5.92 Å². The molecule has 226 valence electrons. The van der Waals surface area contributed by atoms with Crippen LogP contribution in [0.5, 0.6) is 0 Å². The van der Waals surface area contributed by atoms with E-state index in [1.165, 1.54) is 0 Å². The molecule has 0 bridgehead atoms. The first-order valence-corrected chi connectivity index (χ1v) is 15.7. The molecule has 2 aliphatic rings. The van der Waals surface area contributed by atoms with Crippen LogP contribution >= 0.6 is 23.5 Å². The van der Waals surface area contributed by atoms with Crippen molar-refractivity contribution in [2.45, 2.75) is 49.3 Å². The fourth-order valence-electron chi connectivity index (χ4n) is 4.21. The number of fused-ring (bicyclic) bond motifs is 1. The van der Waals surface area contributed by atoms with E-state index < -0.39 is 85.5 Å². The van der Waals surface area contributed by atoms with Crippen LogP contribution in [0.1, 0.15) is 12.6 Å². The van der Waals surface area contributed by atoms with Crippen molar-refractivity contribution in [3.8, 4) is 0 Å². The summed E-state index contributed by atoms with van der Waals surface area (Å²) in [7, 11) is -16.0. The minimum Gasteiger partial charge on any atom is -0.390 e. The van der Waals surface area contributed by atoms with Crippen molar-refractivity contribution in [3.05, 3.63) is 12.7 Å². The summed E-state index contributed by atoms with van der Waals surface area (Å²) in [4.78, 5) is 50.1. The van der Waals surface area contributed by atoms with Gasteiger partial charge in [0.1, 0.15) is 36.3 Å². The lowest BCUT2D eigenvalue weighted by atomic mass is 10.1. The fraction of sp³-hybridized carbons (Fsp3) is 0.688. The number of nitrogens with zero attached hydrogens (tertiary/aromatic N) is 4. The standard InChI is InChI=1S/C16H26N5O16P3/c17-14-9-15(19-4-18-14)21(5-20-9)16-13(36-38(26,27)28)12(25)8(35-16)3-34-40(31,32)37-39(29,30)33-2-6-1-7(22)11(24)10(6)23/h4-8,10-13,16,22-25H,1-3H2,(H,29,30)(H,31,32)(H2,17,18,19)(H2,26,27,28)/t6-,7?,8-,10-,11+,12-,13-,16-/m1/s1. The second-order valence-corrected chi connectivity index (χ2v) is 13.1. The number of hydrogen-bond donors (Lipinski definition) is 9. The normalized spacial score (nSPS) is 34.2. The Labute approximate surface area is 223 Å². The number of aromatic nitrogens is 4. The molecule has 1 saturated carbocycles. The molecule has 0 aromatic carbocycles. The summed E-state index contributed by atoms with van der Waals surface area (Å²) in [5, 5.41) is 39.5. The van der Waals surface area contributed by atoms with Crippen LogP contribution in [0.2, 0.25) is 0 Å². The van der Waals surface area contributed by atoms with E-state index in [1.807, 2.05) is 0 Å². The third-order valence-electron chi connectivity index (χ3n) is 6.06. The monoisotopic (exact) mass is 637 g/mol. The molecule has 2 aromatic rings. The van der Waals surface area contributed by atoms with Gasteiger partial charge in [-0.2, -0.15) is 4.31 Å². The molecule has 40 heavy (non-hydrogen) atoms. The Bertz CT molecular complexity index is 1360. The van der Waals surface area contributed by atoms with Crippen LogP contribution in [-0.4, -0.2) is 109 Å². The highest BCUT2D eigenvalue weighted by atomic mass is 31.3. The predicted molar refractivity (Wildman–Crippen MR) is 125 cm³/mol. The van der Waals surface area contributed by atoms with Gasteiger partial charge in [0.2, 0.25) is 0 Å². The number of aliphatic hydroxyl groups excluding tert-OH is 4. The number of rotatable bonds is 11. The van der Waals surface area contributed by atoms with E-state index in [9.17, 15) is 53.7 Å². The van der Waals surface area contributed by atoms with Crippen LogP contribution in [0.4, 0.5) is 5.82 Å². The van der Waals surface area contributed by atoms with E-state index in [0.717, 1.165) is 17.2 Å². The van der Waals surface area contributed by atoms with Gasteiger partial charge in [-0.05, 0) is 6.42 Å². The van der Waals surface area contributed by atoms with Gasteiger partial charge in [0.25, 0.3) is 0 Å². The summed E-state index contributed by atoms with van der Waals surface area (Å²) in [6, 6.07) is 0. The summed E-state index contributed by atoms with van der Waals surface area (Å²) in [5.41, 5.74) is 5.83. The van der Waals surface area contributed by atoms with Crippen molar-refractivity contribution in [3.63, 3.8) is 0 Å². The highest BCUT2D eigenvalue weighted by Crippen LogP contribution is 2.61. The Morgan fingerprint density at radius 3 is 2.20 bits per heavy atom. The van der Waals surface area contributed by atoms with Gasteiger partial charge in [0.15, 0.2) is 17.7 Å². The smallest absolute Gasteiger partial charge is 0.390 e. The van der Waals surface area contributed by atoms with Gasteiger partial charge < -0.3 is 50.5 Å². The molecule has 4 rings (SSSR count). The Kier molecular flexibility index (Phi) is 9.17. The van der Waals surface area contributed by atoms with E-state index in [2.05, 4.69) is 32.8 Å². The van der Waals surface area contributed by atoms with Crippen LogP contribution < -0.4 is 5.73 Å². The third-order valence-corrected chi connectivity index (χ3v) is 9.18. The molecule has 24 heteroatoms. The van der Waals surface area contributed by atoms with Gasteiger partial charge in [0.05, 0.1) is 31.7 Å². The van der Waals surface area contributed by atoms with E-state index in [-0.39, 0.29) is 23.4 Å². The molecule has 21 nitrogen and oxygen atoms in total. The average molecular weight is 637 g/mol. The molecule has 10 atom stereocenters. The summed E-state index contributed by atoms with van der Waals surface area (Å²) in [6.45, 7) is -1.78. The molecule has 3 heterocycles. The maximum absolute atomic E-state index is 12.3. The summed E-state index contributed by atoms with van der Waals surface area (Å²) in [6.07, 6.45) is -9.26. The number of nitrogen functional groups attached to an aromatic ring is 1. The maximum atomic E-state index is 12.3. The first-order valence-electron chi connectivity index (χ1n) is 11.2. The maximum Gasteiger partial charge on any atom is 0.481 e. The lowest BCUT2D eigenvalue weighted by Crippen LogP contribution is -2.35. The molecule has 1 aliphatic heterocycles. The van der Waals surface area contributed by atoms with E-state index in [4.69, 9.17) is 10.5 Å². The molecule has 1 saturated heterocycles. The van der Waals surface area contributed by atoms with Gasteiger partial charge in [-0.25, -0.2) is 28.6 Å². The van der Waals surface area contributed by atoms with Crippen molar-refractivity contribution in [1.82, 2.24) is 19.5 Å². The number of phosphoric ester groups is 3. The number of ether oxygens (including phenoxy) is 1. The zero-order valence-electron chi connectivity index (χ0n) is 19.9. The Morgan fingerprint density at radius 1 is 0.950 bits per heavy atom. The minimum absolute atomic E-state index is 0.0209. The number of aliphatic hydroxyl groups is 4. The molecular weight excluding hydrogens is 611 g/mol. The minimum atomic E-state index is -5.42. The predicted octanol–water partition coefficient (Wildman–Crippen LogP) is -2.50. The zero-order valence-corrected chi connectivity index (χ0v) is 22.6. The Morgan fingerprint density at radius 2 is 1.60 bits per heavy atom. The summed E-state index contributed by atoms with van der Waals surface area (Å²) in [5.74, 6) is -1.05. The van der Waals surface area contributed by atoms with Crippen LogP contribution in [0.3, 0.4) is 0 Å². The topological polar surface area (TPSA) is 329 Å². The van der Waals surface area contributed by atoms with Gasteiger partial charge >= 0.3 is 23.5 Å². The molecule has 0 spiro atoms. The van der Waals surface area contributed by atoms with E-state index >= 15 is 0 Å². The van der Waals surface area contributed by atoms with Gasteiger partial charge in [0, 0.05) is 5.92 Å². The zero-order chi connectivity index (χ0) is 29.6. The molecule has 0 amide bonds. The first-order chi connectivity index (χ1) is 18.5. The second kappa shape index (κ2) is 11.7. The third kappa shape index (κ3) is 7.11. The Hall–Kier alpha value is -1.48. The largest absolute Gasteiger partial charge is 0.481 e. The van der Waals surface area contributed by atoms with Crippen molar-refractivity contribution in [2.75, 3.05) is 18.9 Å². The number of phosphoric acid groups is 3. The summed E-state index contributed by atoms with van der Waals surface area (Å²) >= 11 is 0. The lowest BCUT2D eigenvalue weighted by molar-refractivity contribution is -0.0499. The quantitative estimate of drug-likeness (QED) is 0.115. The van der Waals surface area contributed by atoms with E-state index in [0.29, 0.717) is 0 Å². The second-order valence-electron chi connectivity index (χ2n) is 8.85. The van der Waals surface area contributed by atoms with Crippen molar-refractivity contribution in [1.29, 1.82) is 0 Å². The van der Waals surface area contributed by atoms with Crippen molar-refractivity contribution < 1.29 is 76.3 Å². The number of imidazole rings is 1. The molecule has 10 N–H and O–H groups in total. The first kappa shape index (κ1) is 31.5. The van der Waals surface area contributed by atoms with Crippen LogP contribution in [-0.2, 0) is 36.3 Å². The average Bonchev–Trinajstić information content (AvgIpc) is 3.47. The Balaban J connectivity index is 1.42. The van der Waals surface area contributed by atoms with Crippen molar-refractivity contribution in [2.24, 2.45) is 5.92 Å². The number of nitrogens with two attached hydrogens (primary N) is 1. The van der Waals surface area contributed by atoms with Gasteiger partial charge in [-0.1, -0.05) is 0 Å². The molecule has 1 aliphatic carbocycles. The molecule has 2 aromatic heterocycles. The highest BCUT2D eigenvalue weighted by Gasteiger charge is 2.50. The van der Waals surface area contributed by atoms with Crippen LogP contribution in [0.15, 0.2) is 12.7 Å². The van der Waals surface area contributed by atoms with Crippen LogP contribution in [0.25, 0.3) is 11.2 Å². The molecular formula is C16H26N5O16P3. The number of anilines is 1. The fourth-order valence-corrected chi connectivity index (χ4v) is 6.89. The SMILES string of the molecule is Nc1ncnc2c1ncn2[C@@H]1O[C@H](COP(=O)(O)OP(=O)(O)OC[C@H]2CC(O)[C@H](O)[C@@H]2O)[C@@H](O)[C@H]1OP(=O)(O)O. The highest BCUT2D eigenvalue weighted by molar-refractivity contribution is 7.61. The lowest BCUT2D eigenvalue weighted by Gasteiger charge is -2.22. The number of hydrogen-bond acceptors (Lipinski definition) is 16. The van der Waals surface area contributed by atoms with Crippen molar-refractivity contribution >= 4 is 40.4 Å². The van der Waals surface area contributed by atoms with Gasteiger partial charge in [-0.3, -0.25) is 18.1 Å². The molecule has 2 fully saturated rings. The molecule has 3 unspecified atom stereocenters. The van der Waals surface area contributed by atoms with Gasteiger partial charge in [-0.15, -0.1) is 0 Å². The van der Waals surface area contributed by atoms with E-state index in [1.54, 1.807) is 0 Å².